The van der Waals surface area contributed by atoms with Crippen molar-refractivity contribution in [2.75, 3.05) is 20.1 Å². The van der Waals surface area contributed by atoms with Gasteiger partial charge in [0.1, 0.15) is 6.10 Å². The molecule has 0 spiro atoms. The van der Waals surface area contributed by atoms with Crippen molar-refractivity contribution in [2.24, 2.45) is 0 Å². The second-order valence-corrected chi connectivity index (χ2v) is 3.91. The van der Waals surface area contributed by atoms with E-state index >= 15 is 0 Å². The summed E-state index contributed by atoms with van der Waals surface area (Å²) >= 11 is 0. The summed E-state index contributed by atoms with van der Waals surface area (Å²) in [6, 6.07) is 6.25. The summed E-state index contributed by atoms with van der Waals surface area (Å²) < 4.78 is 18.9. The molecule has 1 aromatic rings. The van der Waals surface area contributed by atoms with E-state index < -0.39 is 5.82 Å². The van der Waals surface area contributed by atoms with Gasteiger partial charge in [0.2, 0.25) is 5.91 Å². The molecule has 2 N–H and O–H groups in total. The molecule has 5 heteroatoms. The van der Waals surface area contributed by atoms with E-state index in [4.69, 9.17) is 4.74 Å². The lowest BCUT2D eigenvalue weighted by atomic mass is 10.2. The number of hydrogen-bond acceptors (Lipinski definition) is 3. The minimum Gasteiger partial charge on any atom is -0.486 e. The molecule has 4 nitrogen and oxygen atoms in total. The highest BCUT2D eigenvalue weighted by Gasteiger charge is 2.12. The third-order valence-corrected chi connectivity index (χ3v) is 2.45. The van der Waals surface area contributed by atoms with E-state index in [1.165, 1.54) is 6.07 Å². The molecule has 0 fully saturated rings. The van der Waals surface area contributed by atoms with E-state index in [9.17, 15) is 9.18 Å². The maximum absolute atomic E-state index is 13.4. The van der Waals surface area contributed by atoms with E-state index in [1.54, 1.807) is 25.2 Å². The van der Waals surface area contributed by atoms with Crippen LogP contribution in [-0.4, -0.2) is 32.1 Å². The first-order chi connectivity index (χ1) is 8.67. The number of ether oxygens (including phenoxy) is 1. The maximum Gasteiger partial charge on any atom is 0.234 e. The fraction of sp³-hybridized carbons (Fsp3) is 0.462. The number of halogens is 1. The minimum absolute atomic E-state index is 0.104. The fourth-order valence-electron chi connectivity index (χ4n) is 1.44. The number of rotatable bonds is 7. The smallest absolute Gasteiger partial charge is 0.234 e. The van der Waals surface area contributed by atoms with Crippen LogP contribution in [0.25, 0.3) is 0 Å². The maximum atomic E-state index is 13.4. The molecule has 1 aromatic carbocycles. The molecule has 1 rings (SSSR count). The minimum atomic E-state index is -0.391. The number of para-hydroxylation sites is 1. The van der Waals surface area contributed by atoms with Gasteiger partial charge in [0.25, 0.3) is 0 Å². The lowest BCUT2D eigenvalue weighted by molar-refractivity contribution is -0.120. The molecule has 0 aliphatic heterocycles. The lowest BCUT2D eigenvalue weighted by Gasteiger charge is -2.18. The van der Waals surface area contributed by atoms with E-state index in [2.05, 4.69) is 10.6 Å². The Morgan fingerprint density at radius 1 is 1.44 bits per heavy atom. The molecule has 18 heavy (non-hydrogen) atoms. The highest BCUT2D eigenvalue weighted by molar-refractivity contribution is 5.77. The number of benzene rings is 1. The average Bonchev–Trinajstić information content (AvgIpc) is 2.37. The van der Waals surface area contributed by atoms with Crippen molar-refractivity contribution in [2.45, 2.75) is 19.4 Å². The number of carbonyl (C=O) groups excluding carboxylic acids is 1. The second kappa shape index (κ2) is 7.66. The van der Waals surface area contributed by atoms with Crippen LogP contribution in [0.3, 0.4) is 0 Å². The molecule has 0 heterocycles. The van der Waals surface area contributed by atoms with Gasteiger partial charge in [0.15, 0.2) is 11.6 Å². The lowest BCUT2D eigenvalue weighted by Crippen LogP contribution is -2.39. The Balaban J connectivity index is 2.47. The van der Waals surface area contributed by atoms with Crippen molar-refractivity contribution in [3.05, 3.63) is 30.1 Å². The normalized spacial score (nSPS) is 11.9. The number of nitrogens with one attached hydrogen (secondary N) is 2. The fourth-order valence-corrected chi connectivity index (χ4v) is 1.44. The highest BCUT2D eigenvalue weighted by atomic mass is 19.1. The Morgan fingerprint density at radius 3 is 2.78 bits per heavy atom. The third kappa shape index (κ3) is 4.71. The van der Waals surface area contributed by atoms with Crippen LogP contribution in [-0.2, 0) is 4.79 Å². The van der Waals surface area contributed by atoms with E-state index in [0.717, 1.165) is 0 Å². The van der Waals surface area contributed by atoms with Gasteiger partial charge in [-0.2, -0.15) is 0 Å². The van der Waals surface area contributed by atoms with Gasteiger partial charge in [-0.25, -0.2) is 4.39 Å². The van der Waals surface area contributed by atoms with Crippen molar-refractivity contribution in [3.8, 4) is 5.75 Å². The topological polar surface area (TPSA) is 50.4 Å². The van der Waals surface area contributed by atoms with Crippen LogP contribution in [0.5, 0.6) is 5.75 Å². The SMILES string of the molecule is CCC(CNC(=O)CNC)Oc1ccccc1F. The van der Waals surface area contributed by atoms with Crippen molar-refractivity contribution < 1.29 is 13.9 Å². The number of carbonyl (C=O) groups is 1. The Labute approximate surface area is 107 Å². The first-order valence-corrected chi connectivity index (χ1v) is 5.99. The zero-order valence-corrected chi connectivity index (χ0v) is 10.7. The molecule has 0 bridgehead atoms. The first-order valence-electron chi connectivity index (χ1n) is 5.99. The monoisotopic (exact) mass is 254 g/mol. The van der Waals surface area contributed by atoms with Gasteiger partial charge in [-0.15, -0.1) is 0 Å². The van der Waals surface area contributed by atoms with Crippen molar-refractivity contribution in [1.29, 1.82) is 0 Å². The van der Waals surface area contributed by atoms with Gasteiger partial charge in [-0.3, -0.25) is 4.79 Å². The van der Waals surface area contributed by atoms with Gasteiger partial charge in [-0.05, 0) is 25.6 Å². The van der Waals surface area contributed by atoms with Crippen molar-refractivity contribution in [1.82, 2.24) is 10.6 Å². The molecular formula is C13H19FN2O2. The van der Waals surface area contributed by atoms with Gasteiger partial charge >= 0.3 is 0 Å². The molecule has 1 atom stereocenters. The number of likely N-dealkylation sites (N-methyl/N-ethyl adjacent to an activating group) is 1. The summed E-state index contributed by atoms with van der Waals surface area (Å²) in [5.41, 5.74) is 0. The summed E-state index contributed by atoms with van der Waals surface area (Å²) in [6.45, 7) is 2.55. The first kappa shape index (κ1) is 14.4. The van der Waals surface area contributed by atoms with Crippen LogP contribution in [0.2, 0.25) is 0 Å². The van der Waals surface area contributed by atoms with Gasteiger partial charge in [0, 0.05) is 0 Å². The Hall–Kier alpha value is -1.62. The summed E-state index contributed by atoms with van der Waals surface area (Å²) in [6.07, 6.45) is 0.455. The zero-order chi connectivity index (χ0) is 13.4. The van der Waals surface area contributed by atoms with Gasteiger partial charge in [0.05, 0.1) is 13.1 Å². The molecule has 1 unspecified atom stereocenters. The van der Waals surface area contributed by atoms with Crippen molar-refractivity contribution in [3.63, 3.8) is 0 Å². The van der Waals surface area contributed by atoms with E-state index in [0.29, 0.717) is 13.0 Å². The molecule has 0 aromatic heterocycles. The quantitative estimate of drug-likeness (QED) is 0.771. The summed E-state index contributed by atoms with van der Waals surface area (Å²) in [5.74, 6) is -0.280. The molecule has 1 amide bonds. The Bertz CT molecular complexity index is 385. The molecule has 0 saturated carbocycles. The second-order valence-electron chi connectivity index (χ2n) is 3.91. The molecule has 0 aliphatic carbocycles. The van der Waals surface area contributed by atoms with Crippen LogP contribution in [0.15, 0.2) is 24.3 Å². The van der Waals surface area contributed by atoms with Crippen LogP contribution in [0.4, 0.5) is 4.39 Å². The zero-order valence-electron chi connectivity index (χ0n) is 10.7. The number of amides is 1. The average molecular weight is 254 g/mol. The third-order valence-electron chi connectivity index (χ3n) is 2.45. The summed E-state index contributed by atoms with van der Waals surface area (Å²) in [5, 5.41) is 5.48. The van der Waals surface area contributed by atoms with Crippen LogP contribution < -0.4 is 15.4 Å². The van der Waals surface area contributed by atoms with E-state index in [1.807, 2.05) is 6.92 Å². The van der Waals surface area contributed by atoms with Crippen LogP contribution in [0, 0.1) is 5.82 Å². The Kier molecular flexibility index (Phi) is 6.14. The summed E-state index contributed by atoms with van der Waals surface area (Å²) in [7, 11) is 1.70. The standard InChI is InChI=1S/C13H19FN2O2/c1-3-10(8-16-13(17)9-15-2)18-12-7-5-4-6-11(12)14/h4-7,10,15H,3,8-9H2,1-2H3,(H,16,17). The molecule has 100 valence electrons. The molecule has 0 saturated heterocycles. The predicted molar refractivity (Wildman–Crippen MR) is 68.0 cm³/mol. The largest absolute Gasteiger partial charge is 0.486 e. The van der Waals surface area contributed by atoms with Crippen LogP contribution >= 0.6 is 0 Å². The summed E-state index contributed by atoms with van der Waals surface area (Å²) in [4.78, 5) is 11.3. The van der Waals surface area contributed by atoms with Crippen molar-refractivity contribution >= 4 is 5.91 Å². The predicted octanol–water partition coefficient (Wildman–Crippen LogP) is 1.32. The molecule has 0 aliphatic rings. The van der Waals surface area contributed by atoms with Gasteiger partial charge < -0.3 is 15.4 Å². The van der Waals surface area contributed by atoms with Gasteiger partial charge in [-0.1, -0.05) is 19.1 Å². The van der Waals surface area contributed by atoms with Crippen LogP contribution in [0.1, 0.15) is 13.3 Å². The molecule has 0 radical (unpaired) electrons. The number of hydrogen-bond donors (Lipinski definition) is 2. The van der Waals surface area contributed by atoms with E-state index in [-0.39, 0.29) is 24.3 Å². The molecular weight excluding hydrogens is 235 g/mol. The highest BCUT2D eigenvalue weighted by Crippen LogP contribution is 2.17. The Morgan fingerprint density at radius 2 is 2.17 bits per heavy atom.